The van der Waals surface area contributed by atoms with Gasteiger partial charge in [0.2, 0.25) is 0 Å². The third-order valence-corrected chi connectivity index (χ3v) is 1.71. The van der Waals surface area contributed by atoms with Crippen molar-refractivity contribution >= 4 is 5.69 Å². The van der Waals surface area contributed by atoms with Crippen molar-refractivity contribution in [2.24, 2.45) is 5.73 Å². The van der Waals surface area contributed by atoms with Crippen molar-refractivity contribution in [1.29, 1.82) is 0 Å². The van der Waals surface area contributed by atoms with Crippen LogP contribution in [0.15, 0.2) is 11.0 Å². The van der Waals surface area contributed by atoms with E-state index in [1.807, 2.05) is 6.92 Å². The molecule has 0 aliphatic carbocycles. The van der Waals surface area contributed by atoms with Crippen LogP contribution in [0.1, 0.15) is 12.1 Å². The van der Waals surface area contributed by atoms with Gasteiger partial charge in [0.15, 0.2) is 0 Å². The third kappa shape index (κ3) is 2.87. The molecule has 13 heavy (non-hydrogen) atoms. The Balaban J connectivity index is 2.61. The van der Waals surface area contributed by atoms with Gasteiger partial charge in [0.1, 0.15) is 0 Å². The lowest BCUT2D eigenvalue weighted by Crippen LogP contribution is -2.15. The molecule has 0 aliphatic heterocycles. The third-order valence-electron chi connectivity index (χ3n) is 1.71. The Bertz CT molecular complexity index is 320. The number of nitrogens with zero attached hydrogens (tertiary/aromatic N) is 1. The second kappa shape index (κ2) is 4.61. The number of nitrogens with one attached hydrogen (secondary N) is 2. The highest BCUT2D eigenvalue weighted by Gasteiger charge is 1.97. The Kier molecular flexibility index (Phi) is 3.45. The minimum atomic E-state index is -0.318. The molecule has 4 N–H and O–H groups in total. The predicted octanol–water partition coefficient (Wildman–Crippen LogP) is -0.161. The van der Waals surface area contributed by atoms with Gasteiger partial charge < -0.3 is 16.0 Å². The molecule has 5 heteroatoms. The van der Waals surface area contributed by atoms with Gasteiger partial charge >= 0.3 is 5.69 Å². The molecule has 0 atom stereocenters. The zero-order chi connectivity index (χ0) is 9.68. The van der Waals surface area contributed by atoms with Gasteiger partial charge in [-0.1, -0.05) is 0 Å². The SMILES string of the molecule is Cc1[nH]c(=O)ncc1NCCCN. The summed E-state index contributed by atoms with van der Waals surface area (Å²) in [5, 5.41) is 3.13. The highest BCUT2D eigenvalue weighted by molar-refractivity contribution is 5.44. The predicted molar refractivity (Wildman–Crippen MR) is 51.8 cm³/mol. The van der Waals surface area contributed by atoms with Crippen LogP contribution in [-0.4, -0.2) is 23.1 Å². The van der Waals surface area contributed by atoms with Crippen LogP contribution in [-0.2, 0) is 0 Å². The summed E-state index contributed by atoms with van der Waals surface area (Å²) in [6, 6.07) is 0. The van der Waals surface area contributed by atoms with Gasteiger partial charge in [0.05, 0.1) is 11.9 Å². The number of aromatic amines is 1. The summed E-state index contributed by atoms with van der Waals surface area (Å²) in [4.78, 5) is 17.0. The van der Waals surface area contributed by atoms with Crippen molar-refractivity contribution in [3.8, 4) is 0 Å². The molecular formula is C8H14N4O. The molecule has 1 aromatic heterocycles. The molecule has 0 spiro atoms. The first-order chi connectivity index (χ1) is 6.24. The van der Waals surface area contributed by atoms with Crippen LogP contribution in [0.25, 0.3) is 0 Å². The number of anilines is 1. The standard InChI is InChI=1S/C8H14N4O/c1-6-7(10-4-2-3-9)5-11-8(13)12-6/h5,10H,2-4,9H2,1H3,(H,11,12,13). The van der Waals surface area contributed by atoms with Crippen LogP contribution in [0.4, 0.5) is 5.69 Å². The number of rotatable bonds is 4. The molecule has 1 aromatic rings. The smallest absolute Gasteiger partial charge is 0.345 e. The molecule has 0 amide bonds. The van der Waals surface area contributed by atoms with Crippen molar-refractivity contribution in [1.82, 2.24) is 9.97 Å². The summed E-state index contributed by atoms with van der Waals surface area (Å²) in [5.74, 6) is 0. The van der Waals surface area contributed by atoms with Gasteiger partial charge in [-0.2, -0.15) is 4.98 Å². The van der Waals surface area contributed by atoms with Crippen LogP contribution in [0, 0.1) is 6.92 Å². The molecule has 0 aromatic carbocycles. The monoisotopic (exact) mass is 182 g/mol. The van der Waals surface area contributed by atoms with E-state index < -0.39 is 0 Å². The van der Waals surface area contributed by atoms with Crippen LogP contribution in [0.2, 0.25) is 0 Å². The van der Waals surface area contributed by atoms with Crippen LogP contribution >= 0.6 is 0 Å². The van der Waals surface area contributed by atoms with Gasteiger partial charge in [-0.3, -0.25) is 0 Å². The van der Waals surface area contributed by atoms with E-state index in [0.717, 1.165) is 24.3 Å². The quantitative estimate of drug-likeness (QED) is 0.565. The second-order valence-corrected chi connectivity index (χ2v) is 2.80. The summed E-state index contributed by atoms with van der Waals surface area (Å²) in [6.07, 6.45) is 2.43. The van der Waals surface area contributed by atoms with E-state index in [2.05, 4.69) is 15.3 Å². The Labute approximate surface area is 76.4 Å². The van der Waals surface area contributed by atoms with Crippen molar-refractivity contribution < 1.29 is 0 Å². The first-order valence-corrected chi connectivity index (χ1v) is 4.24. The normalized spacial score (nSPS) is 10.0. The van der Waals surface area contributed by atoms with Crippen LogP contribution < -0.4 is 16.7 Å². The van der Waals surface area contributed by atoms with E-state index in [0.29, 0.717) is 6.54 Å². The van der Waals surface area contributed by atoms with Crippen molar-refractivity contribution in [3.05, 3.63) is 22.4 Å². The molecule has 1 rings (SSSR count). The average molecular weight is 182 g/mol. The second-order valence-electron chi connectivity index (χ2n) is 2.80. The first-order valence-electron chi connectivity index (χ1n) is 4.24. The number of aromatic nitrogens is 2. The molecule has 0 bridgehead atoms. The summed E-state index contributed by atoms with van der Waals surface area (Å²) >= 11 is 0. The number of nitrogens with two attached hydrogens (primary N) is 1. The van der Waals surface area contributed by atoms with Gasteiger partial charge in [-0.05, 0) is 19.9 Å². The summed E-state index contributed by atoms with van der Waals surface area (Å²) in [6.45, 7) is 3.28. The summed E-state index contributed by atoms with van der Waals surface area (Å²) < 4.78 is 0. The van der Waals surface area contributed by atoms with Crippen LogP contribution in [0.5, 0.6) is 0 Å². The highest BCUT2D eigenvalue weighted by atomic mass is 16.1. The molecule has 0 radical (unpaired) electrons. The van der Waals surface area contributed by atoms with Crippen molar-refractivity contribution in [3.63, 3.8) is 0 Å². The van der Waals surface area contributed by atoms with Crippen molar-refractivity contribution in [2.75, 3.05) is 18.4 Å². The maximum atomic E-state index is 10.8. The molecule has 0 saturated heterocycles. The minimum Gasteiger partial charge on any atom is -0.382 e. The number of aryl methyl sites for hydroxylation is 1. The van der Waals surface area contributed by atoms with E-state index in [-0.39, 0.29) is 5.69 Å². The molecule has 1 heterocycles. The first kappa shape index (κ1) is 9.73. The fourth-order valence-corrected chi connectivity index (χ4v) is 0.983. The van der Waals surface area contributed by atoms with Crippen LogP contribution in [0.3, 0.4) is 0 Å². The number of hydrogen-bond donors (Lipinski definition) is 3. The Morgan fingerprint density at radius 2 is 2.46 bits per heavy atom. The van der Waals surface area contributed by atoms with E-state index in [1.54, 1.807) is 0 Å². The van der Waals surface area contributed by atoms with Gasteiger partial charge in [0, 0.05) is 12.2 Å². The fourth-order valence-electron chi connectivity index (χ4n) is 0.983. The van der Waals surface area contributed by atoms with Crippen molar-refractivity contribution in [2.45, 2.75) is 13.3 Å². The van der Waals surface area contributed by atoms with E-state index in [9.17, 15) is 4.79 Å². The Morgan fingerprint density at radius 3 is 3.08 bits per heavy atom. The van der Waals surface area contributed by atoms with E-state index >= 15 is 0 Å². The largest absolute Gasteiger partial charge is 0.382 e. The topological polar surface area (TPSA) is 83.8 Å². The maximum absolute atomic E-state index is 10.8. The number of H-pyrrole nitrogens is 1. The van der Waals surface area contributed by atoms with Gasteiger partial charge in [-0.25, -0.2) is 4.79 Å². The minimum absolute atomic E-state index is 0.318. The lowest BCUT2D eigenvalue weighted by molar-refractivity contribution is 0.869. The Hall–Kier alpha value is -1.36. The average Bonchev–Trinajstić information content (AvgIpc) is 2.09. The van der Waals surface area contributed by atoms with Gasteiger partial charge in [0.25, 0.3) is 0 Å². The van der Waals surface area contributed by atoms with E-state index in [4.69, 9.17) is 5.73 Å². The molecule has 72 valence electrons. The lowest BCUT2D eigenvalue weighted by atomic mass is 10.3. The maximum Gasteiger partial charge on any atom is 0.345 e. The zero-order valence-electron chi connectivity index (χ0n) is 7.63. The molecule has 0 saturated carbocycles. The summed E-state index contributed by atoms with van der Waals surface area (Å²) in [7, 11) is 0. The highest BCUT2D eigenvalue weighted by Crippen LogP contribution is 2.06. The Morgan fingerprint density at radius 1 is 1.69 bits per heavy atom. The number of hydrogen-bond acceptors (Lipinski definition) is 4. The molecule has 5 nitrogen and oxygen atoms in total. The molecule has 0 unspecified atom stereocenters. The van der Waals surface area contributed by atoms with E-state index in [1.165, 1.54) is 6.20 Å². The lowest BCUT2D eigenvalue weighted by Gasteiger charge is -2.06. The summed E-state index contributed by atoms with van der Waals surface area (Å²) in [5.41, 5.74) is 6.68. The molecule has 0 fully saturated rings. The molecular weight excluding hydrogens is 168 g/mol. The van der Waals surface area contributed by atoms with Gasteiger partial charge in [-0.15, -0.1) is 0 Å². The molecule has 0 aliphatic rings. The zero-order valence-corrected chi connectivity index (χ0v) is 7.63. The fraction of sp³-hybridized carbons (Fsp3) is 0.500.